The predicted molar refractivity (Wildman–Crippen MR) is 117 cm³/mol. The third-order valence-electron chi connectivity index (χ3n) is 5.22. The number of benzene rings is 2. The molecule has 1 atom stereocenters. The quantitative estimate of drug-likeness (QED) is 0.526. The Kier molecular flexibility index (Phi) is 6.10. The van der Waals surface area contributed by atoms with Crippen molar-refractivity contribution in [2.24, 2.45) is 0 Å². The van der Waals surface area contributed by atoms with E-state index in [1.165, 1.54) is 28.8 Å². The van der Waals surface area contributed by atoms with Gasteiger partial charge in [-0.25, -0.2) is 12.8 Å². The number of carbonyl (C=O) groups is 1. The topological polar surface area (TPSA) is 85.2 Å². The van der Waals surface area contributed by atoms with Crippen LogP contribution >= 0.6 is 11.8 Å². The predicted octanol–water partition coefficient (Wildman–Crippen LogP) is 2.81. The number of amides is 1. The molecule has 0 aliphatic carbocycles. The number of aromatic nitrogens is 3. The Morgan fingerprint density at radius 3 is 2.52 bits per heavy atom. The Bertz CT molecular complexity index is 1180. The van der Waals surface area contributed by atoms with Gasteiger partial charge in [-0.2, -0.15) is 0 Å². The second-order valence-corrected chi connectivity index (χ2v) is 10.5. The molecule has 0 bridgehead atoms. The van der Waals surface area contributed by atoms with E-state index in [1.54, 1.807) is 23.7 Å². The van der Waals surface area contributed by atoms with Gasteiger partial charge in [0.25, 0.3) is 0 Å². The molecule has 0 radical (unpaired) electrons. The molecule has 1 saturated heterocycles. The number of sulfone groups is 1. The first-order chi connectivity index (χ1) is 14.8. The smallest absolute Gasteiger partial charge is 0.233 e. The van der Waals surface area contributed by atoms with Crippen LogP contribution in [0.15, 0.2) is 59.8 Å². The summed E-state index contributed by atoms with van der Waals surface area (Å²) in [6, 6.07) is 15.2. The van der Waals surface area contributed by atoms with Crippen molar-refractivity contribution >= 4 is 27.5 Å². The van der Waals surface area contributed by atoms with Gasteiger partial charge >= 0.3 is 0 Å². The molecule has 1 aliphatic rings. The van der Waals surface area contributed by atoms with Gasteiger partial charge in [0.05, 0.1) is 17.3 Å². The fraction of sp³-hybridized carbons (Fsp3) is 0.286. The van der Waals surface area contributed by atoms with E-state index in [2.05, 4.69) is 10.2 Å². The zero-order valence-electron chi connectivity index (χ0n) is 16.8. The van der Waals surface area contributed by atoms with Gasteiger partial charge in [0, 0.05) is 24.3 Å². The van der Waals surface area contributed by atoms with E-state index in [0.717, 1.165) is 5.56 Å². The number of rotatable bonds is 6. The third kappa shape index (κ3) is 4.80. The van der Waals surface area contributed by atoms with Gasteiger partial charge in [-0.3, -0.25) is 9.36 Å². The van der Waals surface area contributed by atoms with Gasteiger partial charge in [-0.15, -0.1) is 10.2 Å². The highest BCUT2D eigenvalue weighted by Crippen LogP contribution is 2.28. The van der Waals surface area contributed by atoms with E-state index in [0.29, 0.717) is 23.1 Å². The standard InChI is InChI=1S/C21H21FN4O3S2/c1-25(18-11-12-31(28,29)14-18)19(27)13-30-21-24-23-20(15-5-3-2-4-6-15)26(21)17-9-7-16(22)8-10-17/h2-10,18H,11-14H2,1H3/t18-/m1/s1. The number of halogens is 1. The third-order valence-corrected chi connectivity index (χ3v) is 7.89. The molecule has 7 nitrogen and oxygen atoms in total. The zero-order chi connectivity index (χ0) is 22.0. The minimum Gasteiger partial charge on any atom is -0.341 e. The van der Waals surface area contributed by atoms with Crippen LogP contribution in [0.25, 0.3) is 17.1 Å². The molecule has 0 unspecified atom stereocenters. The summed E-state index contributed by atoms with van der Waals surface area (Å²) in [7, 11) is -1.44. The van der Waals surface area contributed by atoms with E-state index in [4.69, 9.17) is 0 Å². The average Bonchev–Trinajstić information content (AvgIpc) is 3.35. The highest BCUT2D eigenvalue weighted by Gasteiger charge is 2.32. The normalized spacial score (nSPS) is 17.5. The largest absolute Gasteiger partial charge is 0.341 e. The first-order valence-corrected chi connectivity index (χ1v) is 12.5. The van der Waals surface area contributed by atoms with Gasteiger partial charge in [0.1, 0.15) is 5.82 Å². The van der Waals surface area contributed by atoms with Crippen LogP contribution in [0.4, 0.5) is 4.39 Å². The second-order valence-electron chi connectivity index (χ2n) is 7.33. The maximum absolute atomic E-state index is 13.5. The molecule has 1 aliphatic heterocycles. The fourth-order valence-corrected chi connectivity index (χ4v) is 6.12. The summed E-state index contributed by atoms with van der Waals surface area (Å²) in [6.45, 7) is 0. The van der Waals surface area contributed by atoms with Crippen LogP contribution in [0.3, 0.4) is 0 Å². The lowest BCUT2D eigenvalue weighted by Crippen LogP contribution is -2.38. The highest BCUT2D eigenvalue weighted by atomic mass is 32.2. The molecule has 2 heterocycles. The number of hydrogen-bond acceptors (Lipinski definition) is 6. The lowest BCUT2D eigenvalue weighted by molar-refractivity contribution is -0.128. The molecule has 1 aromatic heterocycles. The Morgan fingerprint density at radius 1 is 1.16 bits per heavy atom. The molecule has 0 N–H and O–H groups in total. The van der Waals surface area contributed by atoms with Crippen LogP contribution in [0.2, 0.25) is 0 Å². The molecule has 1 fully saturated rings. The summed E-state index contributed by atoms with van der Waals surface area (Å²) in [4.78, 5) is 14.2. The first kappa shape index (κ1) is 21.5. The molecule has 31 heavy (non-hydrogen) atoms. The minimum absolute atomic E-state index is 0.00379. The van der Waals surface area contributed by atoms with Crippen molar-refractivity contribution < 1.29 is 17.6 Å². The van der Waals surface area contributed by atoms with Crippen molar-refractivity contribution in [3.8, 4) is 17.1 Å². The van der Waals surface area contributed by atoms with E-state index in [9.17, 15) is 17.6 Å². The summed E-state index contributed by atoms with van der Waals surface area (Å²) >= 11 is 1.21. The van der Waals surface area contributed by atoms with Crippen LogP contribution in [0.1, 0.15) is 6.42 Å². The zero-order valence-corrected chi connectivity index (χ0v) is 18.4. The van der Waals surface area contributed by atoms with Crippen LogP contribution in [-0.2, 0) is 14.6 Å². The van der Waals surface area contributed by atoms with Crippen molar-refractivity contribution in [3.63, 3.8) is 0 Å². The molecular formula is C21H21FN4O3S2. The Labute approximate surface area is 184 Å². The monoisotopic (exact) mass is 460 g/mol. The molecule has 10 heteroatoms. The van der Waals surface area contributed by atoms with E-state index in [-0.39, 0.29) is 35.0 Å². The Balaban J connectivity index is 1.58. The van der Waals surface area contributed by atoms with Gasteiger partial charge in [-0.1, -0.05) is 42.1 Å². The maximum Gasteiger partial charge on any atom is 0.233 e. The first-order valence-electron chi connectivity index (χ1n) is 9.70. The molecule has 0 spiro atoms. The number of thioether (sulfide) groups is 1. The van der Waals surface area contributed by atoms with E-state index < -0.39 is 9.84 Å². The molecule has 4 rings (SSSR count). The van der Waals surface area contributed by atoms with Gasteiger partial charge in [-0.05, 0) is 30.7 Å². The fourth-order valence-electron chi connectivity index (χ4n) is 3.47. The molecular weight excluding hydrogens is 439 g/mol. The highest BCUT2D eigenvalue weighted by molar-refractivity contribution is 7.99. The Morgan fingerprint density at radius 2 is 1.87 bits per heavy atom. The van der Waals surface area contributed by atoms with Crippen LogP contribution < -0.4 is 0 Å². The molecule has 1 amide bonds. The van der Waals surface area contributed by atoms with Crippen molar-refractivity contribution in [2.75, 3.05) is 24.3 Å². The maximum atomic E-state index is 13.5. The molecule has 162 valence electrons. The molecule has 3 aromatic rings. The van der Waals surface area contributed by atoms with E-state index >= 15 is 0 Å². The summed E-state index contributed by atoms with van der Waals surface area (Å²) < 4.78 is 38.7. The van der Waals surface area contributed by atoms with Gasteiger partial charge < -0.3 is 4.90 Å². The van der Waals surface area contributed by atoms with Crippen LogP contribution in [0, 0.1) is 5.82 Å². The summed E-state index contributed by atoms with van der Waals surface area (Å²) in [6.07, 6.45) is 0.457. The number of nitrogens with zero attached hydrogens (tertiary/aromatic N) is 4. The average molecular weight is 461 g/mol. The summed E-state index contributed by atoms with van der Waals surface area (Å²) in [5, 5.41) is 9.05. The second kappa shape index (κ2) is 8.80. The summed E-state index contributed by atoms with van der Waals surface area (Å²) in [5.74, 6) is 0.252. The number of carbonyl (C=O) groups excluding carboxylic acids is 1. The van der Waals surface area contributed by atoms with Crippen molar-refractivity contribution in [2.45, 2.75) is 17.6 Å². The van der Waals surface area contributed by atoms with Crippen LogP contribution in [0.5, 0.6) is 0 Å². The molecule has 0 saturated carbocycles. The van der Waals surface area contributed by atoms with E-state index in [1.807, 2.05) is 30.3 Å². The SMILES string of the molecule is CN(C(=O)CSc1nnc(-c2ccccc2)n1-c1ccc(F)cc1)[C@@H]1CCS(=O)(=O)C1. The molecule has 2 aromatic carbocycles. The van der Waals surface area contributed by atoms with Gasteiger partial charge in [0.15, 0.2) is 20.8 Å². The van der Waals surface area contributed by atoms with Crippen molar-refractivity contribution in [3.05, 3.63) is 60.4 Å². The summed E-state index contributed by atoms with van der Waals surface area (Å²) in [5.41, 5.74) is 1.52. The lowest BCUT2D eigenvalue weighted by atomic mass is 10.2. The number of hydrogen-bond donors (Lipinski definition) is 0. The van der Waals surface area contributed by atoms with Gasteiger partial charge in [0.2, 0.25) is 5.91 Å². The lowest BCUT2D eigenvalue weighted by Gasteiger charge is -2.23. The van der Waals surface area contributed by atoms with Crippen molar-refractivity contribution in [1.29, 1.82) is 0 Å². The van der Waals surface area contributed by atoms with Crippen LogP contribution in [-0.4, -0.2) is 64.3 Å². The van der Waals surface area contributed by atoms with Crippen molar-refractivity contribution in [1.82, 2.24) is 19.7 Å². The minimum atomic E-state index is -3.07. The Hall–Kier alpha value is -2.72.